The standard InChI is InChI=1S/C14H12I2/c1-9-4-6-13(15)12(7-9)11-5-3-10(2)8-14(11)16/h3-8H,1-2H3. The number of rotatable bonds is 1. The van der Waals surface area contributed by atoms with Crippen molar-refractivity contribution in [3.8, 4) is 11.1 Å². The molecular formula is C14H12I2. The lowest BCUT2D eigenvalue weighted by atomic mass is 10.0. The zero-order chi connectivity index (χ0) is 11.7. The number of hydrogen-bond donors (Lipinski definition) is 0. The van der Waals surface area contributed by atoms with E-state index in [1.54, 1.807) is 0 Å². The highest BCUT2D eigenvalue weighted by Crippen LogP contribution is 2.30. The zero-order valence-electron chi connectivity index (χ0n) is 9.22. The number of aryl methyl sites for hydroxylation is 2. The lowest BCUT2D eigenvalue weighted by Gasteiger charge is -2.09. The SMILES string of the molecule is Cc1ccc(-c2cc(C)ccc2I)c(I)c1. The summed E-state index contributed by atoms with van der Waals surface area (Å²) >= 11 is 4.82. The van der Waals surface area contributed by atoms with Gasteiger partial charge in [-0.15, -0.1) is 0 Å². The van der Waals surface area contributed by atoms with Crippen molar-refractivity contribution in [2.75, 3.05) is 0 Å². The largest absolute Gasteiger partial charge is 0.0586 e. The summed E-state index contributed by atoms with van der Waals surface area (Å²) in [5.74, 6) is 0. The highest BCUT2D eigenvalue weighted by Gasteiger charge is 2.07. The third kappa shape index (κ3) is 2.59. The van der Waals surface area contributed by atoms with Crippen LogP contribution in [0.1, 0.15) is 11.1 Å². The summed E-state index contributed by atoms with van der Waals surface area (Å²) in [6, 6.07) is 13.2. The monoisotopic (exact) mass is 434 g/mol. The summed E-state index contributed by atoms with van der Waals surface area (Å²) in [6.45, 7) is 4.27. The van der Waals surface area contributed by atoms with Crippen LogP contribution in [-0.4, -0.2) is 0 Å². The van der Waals surface area contributed by atoms with Gasteiger partial charge in [-0.2, -0.15) is 0 Å². The summed E-state index contributed by atoms with van der Waals surface area (Å²) in [6.07, 6.45) is 0. The van der Waals surface area contributed by atoms with Gasteiger partial charge in [0.1, 0.15) is 0 Å². The molecule has 0 aromatic heterocycles. The molecule has 0 N–H and O–H groups in total. The molecule has 0 aliphatic heterocycles. The van der Waals surface area contributed by atoms with E-state index in [1.165, 1.54) is 29.4 Å². The van der Waals surface area contributed by atoms with Gasteiger partial charge in [0.2, 0.25) is 0 Å². The Labute approximate surface area is 124 Å². The summed E-state index contributed by atoms with van der Waals surface area (Å²) in [7, 11) is 0. The van der Waals surface area contributed by atoms with Crippen molar-refractivity contribution >= 4 is 45.2 Å². The third-order valence-corrected chi connectivity index (χ3v) is 4.37. The Morgan fingerprint density at radius 3 is 2.00 bits per heavy atom. The van der Waals surface area contributed by atoms with Crippen molar-refractivity contribution in [2.24, 2.45) is 0 Å². The highest BCUT2D eigenvalue weighted by molar-refractivity contribution is 14.1. The Bertz CT molecular complexity index is 530. The summed E-state index contributed by atoms with van der Waals surface area (Å²) < 4.78 is 2.63. The van der Waals surface area contributed by atoms with Gasteiger partial charge in [0.15, 0.2) is 0 Å². The van der Waals surface area contributed by atoms with E-state index in [2.05, 4.69) is 95.4 Å². The molecule has 0 spiro atoms. The fourth-order valence-corrected chi connectivity index (χ4v) is 3.27. The fourth-order valence-electron chi connectivity index (χ4n) is 1.68. The van der Waals surface area contributed by atoms with E-state index in [9.17, 15) is 0 Å². The van der Waals surface area contributed by atoms with Crippen LogP contribution in [-0.2, 0) is 0 Å². The second-order valence-electron chi connectivity index (χ2n) is 3.97. The van der Waals surface area contributed by atoms with Crippen molar-refractivity contribution < 1.29 is 0 Å². The van der Waals surface area contributed by atoms with Gasteiger partial charge in [-0.25, -0.2) is 0 Å². The van der Waals surface area contributed by atoms with E-state index in [0.29, 0.717) is 0 Å². The van der Waals surface area contributed by atoms with Crippen molar-refractivity contribution in [1.29, 1.82) is 0 Å². The quantitative estimate of drug-likeness (QED) is 0.543. The Balaban J connectivity index is 2.62. The summed E-state index contributed by atoms with van der Waals surface area (Å²) in [5.41, 5.74) is 5.30. The molecule has 82 valence electrons. The Morgan fingerprint density at radius 1 is 0.688 bits per heavy atom. The molecule has 2 heteroatoms. The number of halogens is 2. The highest BCUT2D eigenvalue weighted by atomic mass is 127. The second-order valence-corrected chi connectivity index (χ2v) is 6.29. The van der Waals surface area contributed by atoms with Gasteiger partial charge in [-0.05, 0) is 82.3 Å². The average Bonchev–Trinajstić information content (AvgIpc) is 2.22. The lowest BCUT2D eigenvalue weighted by molar-refractivity contribution is 1.41. The molecule has 0 amide bonds. The van der Waals surface area contributed by atoms with Gasteiger partial charge in [0, 0.05) is 7.14 Å². The van der Waals surface area contributed by atoms with Crippen LogP contribution >= 0.6 is 45.2 Å². The number of hydrogen-bond acceptors (Lipinski definition) is 0. The maximum Gasteiger partial charge on any atom is 0.0211 e. The van der Waals surface area contributed by atoms with E-state index < -0.39 is 0 Å². The Hall–Kier alpha value is -0.1000. The molecule has 0 atom stereocenters. The minimum atomic E-state index is 1.31. The van der Waals surface area contributed by atoms with E-state index in [4.69, 9.17) is 0 Å². The van der Waals surface area contributed by atoms with Crippen LogP contribution in [0.5, 0.6) is 0 Å². The molecule has 0 heterocycles. The normalized spacial score (nSPS) is 10.5. The van der Waals surface area contributed by atoms with Crippen molar-refractivity contribution in [2.45, 2.75) is 13.8 Å². The molecule has 0 unspecified atom stereocenters. The fraction of sp³-hybridized carbons (Fsp3) is 0.143. The smallest absolute Gasteiger partial charge is 0.0211 e. The molecule has 0 bridgehead atoms. The van der Waals surface area contributed by atoms with Crippen LogP contribution in [0, 0.1) is 21.0 Å². The second kappa shape index (κ2) is 5.04. The van der Waals surface area contributed by atoms with Crippen LogP contribution < -0.4 is 0 Å². The third-order valence-electron chi connectivity index (χ3n) is 2.54. The van der Waals surface area contributed by atoms with E-state index in [0.717, 1.165) is 0 Å². The topological polar surface area (TPSA) is 0 Å². The molecule has 2 aromatic rings. The molecule has 0 radical (unpaired) electrons. The maximum absolute atomic E-state index is 2.41. The first kappa shape index (κ1) is 12.4. The Morgan fingerprint density at radius 2 is 1.31 bits per heavy atom. The predicted molar refractivity (Wildman–Crippen MR) is 86.8 cm³/mol. The van der Waals surface area contributed by atoms with Crippen LogP contribution in [0.15, 0.2) is 36.4 Å². The average molecular weight is 434 g/mol. The molecule has 2 rings (SSSR count). The molecule has 0 saturated heterocycles. The minimum Gasteiger partial charge on any atom is -0.0586 e. The first-order chi connectivity index (χ1) is 7.58. The maximum atomic E-state index is 2.41. The van der Waals surface area contributed by atoms with Gasteiger partial charge >= 0.3 is 0 Å². The van der Waals surface area contributed by atoms with Crippen molar-refractivity contribution in [1.82, 2.24) is 0 Å². The van der Waals surface area contributed by atoms with E-state index in [-0.39, 0.29) is 0 Å². The number of benzene rings is 2. The van der Waals surface area contributed by atoms with Gasteiger partial charge in [-0.1, -0.05) is 35.4 Å². The van der Waals surface area contributed by atoms with Crippen molar-refractivity contribution in [3.63, 3.8) is 0 Å². The minimum absolute atomic E-state index is 1.31. The zero-order valence-corrected chi connectivity index (χ0v) is 13.5. The summed E-state index contributed by atoms with van der Waals surface area (Å²) in [4.78, 5) is 0. The van der Waals surface area contributed by atoms with Crippen LogP contribution in [0.25, 0.3) is 11.1 Å². The molecule has 0 saturated carbocycles. The molecule has 0 fully saturated rings. The van der Waals surface area contributed by atoms with Gasteiger partial charge in [0.05, 0.1) is 0 Å². The van der Waals surface area contributed by atoms with Gasteiger partial charge in [0.25, 0.3) is 0 Å². The summed E-state index contributed by atoms with van der Waals surface area (Å²) in [5, 5.41) is 0. The molecule has 0 aliphatic rings. The molecular weight excluding hydrogens is 422 g/mol. The molecule has 0 aliphatic carbocycles. The predicted octanol–water partition coefficient (Wildman–Crippen LogP) is 5.18. The Kier molecular flexibility index (Phi) is 3.89. The van der Waals surface area contributed by atoms with Crippen LogP contribution in [0.2, 0.25) is 0 Å². The molecule has 0 nitrogen and oxygen atoms in total. The van der Waals surface area contributed by atoms with Gasteiger partial charge < -0.3 is 0 Å². The van der Waals surface area contributed by atoms with Gasteiger partial charge in [-0.3, -0.25) is 0 Å². The van der Waals surface area contributed by atoms with Crippen LogP contribution in [0.4, 0.5) is 0 Å². The van der Waals surface area contributed by atoms with E-state index in [1.807, 2.05) is 0 Å². The first-order valence-electron chi connectivity index (χ1n) is 5.10. The lowest BCUT2D eigenvalue weighted by Crippen LogP contribution is -1.88. The molecule has 2 aromatic carbocycles. The van der Waals surface area contributed by atoms with Crippen LogP contribution in [0.3, 0.4) is 0 Å². The van der Waals surface area contributed by atoms with E-state index >= 15 is 0 Å². The van der Waals surface area contributed by atoms with Crippen molar-refractivity contribution in [3.05, 3.63) is 54.7 Å². The first-order valence-corrected chi connectivity index (χ1v) is 7.26. The molecule has 16 heavy (non-hydrogen) atoms.